The molecule has 2 amide bonds. The smallest absolute Gasteiger partial charge is 0.484 e. The number of hydrogen-bond acceptors (Lipinski definition) is 10. The first-order valence-corrected chi connectivity index (χ1v) is 13.2. The summed E-state index contributed by atoms with van der Waals surface area (Å²) in [4.78, 5) is 62.6. The average molecular weight is 652 g/mol. The maximum Gasteiger partial charge on any atom is 0.508 e. The number of alkyl halides is 4. The Hall–Kier alpha value is -3.45. The van der Waals surface area contributed by atoms with Crippen molar-refractivity contribution in [2.24, 2.45) is 0 Å². The molecule has 1 aliphatic heterocycles. The van der Waals surface area contributed by atoms with Crippen molar-refractivity contribution < 1.29 is 47.7 Å². The molecule has 220 valence electrons. The van der Waals surface area contributed by atoms with E-state index in [9.17, 15) is 24.0 Å². The lowest BCUT2D eigenvalue weighted by Gasteiger charge is -2.46. The Bertz CT molecular complexity index is 1230. The molecule has 0 aromatic heterocycles. The van der Waals surface area contributed by atoms with Crippen molar-refractivity contribution in [2.45, 2.75) is 28.2 Å². The lowest BCUT2D eigenvalue weighted by molar-refractivity contribution is -0.199. The number of likely N-dealkylation sites (tertiary alicyclic amines) is 1. The van der Waals surface area contributed by atoms with Gasteiger partial charge in [0.05, 0.1) is 0 Å². The fraction of sp³-hybridized carbons (Fsp3) is 0.320. The number of nitrogens with zero attached hydrogens (tertiary/aromatic N) is 1. The fourth-order valence-electron chi connectivity index (χ4n) is 3.25. The predicted molar refractivity (Wildman–Crippen MR) is 144 cm³/mol. The van der Waals surface area contributed by atoms with Crippen LogP contribution in [0.15, 0.2) is 60.7 Å². The van der Waals surface area contributed by atoms with Gasteiger partial charge in [-0.15, -0.1) is 0 Å². The molecule has 1 N–H and O–H groups in total. The van der Waals surface area contributed by atoms with E-state index in [0.717, 1.165) is 0 Å². The van der Waals surface area contributed by atoms with Gasteiger partial charge in [-0.25, -0.2) is 14.4 Å². The van der Waals surface area contributed by atoms with Crippen LogP contribution in [0.1, 0.15) is 5.56 Å². The summed E-state index contributed by atoms with van der Waals surface area (Å²) in [5, 5.41) is 2.36. The van der Waals surface area contributed by atoms with Crippen LogP contribution in [0.25, 0.3) is 0 Å². The number of para-hydroxylation sites is 1. The zero-order valence-electron chi connectivity index (χ0n) is 20.9. The topological polar surface area (TPSA) is 147 Å². The summed E-state index contributed by atoms with van der Waals surface area (Å²) in [5.41, 5.74) is -1.07. The van der Waals surface area contributed by atoms with Crippen molar-refractivity contribution in [3.63, 3.8) is 0 Å². The highest BCUT2D eigenvalue weighted by molar-refractivity contribution is 6.67. The first-order chi connectivity index (χ1) is 19.4. The molecule has 1 aliphatic rings. The first-order valence-electron chi connectivity index (χ1n) is 11.6. The summed E-state index contributed by atoms with van der Waals surface area (Å²) in [6.07, 6.45) is -2.92. The molecule has 3 atom stereocenters. The third kappa shape index (κ3) is 10.2. The van der Waals surface area contributed by atoms with Crippen LogP contribution in [-0.2, 0) is 44.7 Å². The number of ether oxygens (including phenoxy) is 5. The summed E-state index contributed by atoms with van der Waals surface area (Å²) in [5.74, 6) is -3.39. The number of hydrogen-bond donors (Lipinski definition) is 1. The Kier molecular flexibility index (Phi) is 11.7. The summed E-state index contributed by atoms with van der Waals surface area (Å²) in [6, 6.07) is 15.6. The molecule has 16 heteroatoms. The molecular weight excluding hydrogens is 630 g/mol. The second kappa shape index (κ2) is 15.0. The molecule has 3 rings (SSSR count). The predicted octanol–water partition coefficient (Wildman–Crippen LogP) is 3.09. The van der Waals surface area contributed by atoms with Crippen LogP contribution in [0, 0.1) is 0 Å². The van der Waals surface area contributed by atoms with Crippen LogP contribution < -0.4 is 10.1 Å². The summed E-state index contributed by atoms with van der Waals surface area (Å²) < 4.78 is 22.9. The molecule has 1 heterocycles. The lowest BCUT2D eigenvalue weighted by atomic mass is 10.0. The van der Waals surface area contributed by atoms with Gasteiger partial charge in [0.2, 0.25) is 15.5 Å². The molecular formula is C25H22Cl4N2O10. The minimum atomic E-state index is -1.91. The zero-order chi connectivity index (χ0) is 30.0. The highest BCUT2D eigenvalue weighted by Gasteiger charge is 2.55. The van der Waals surface area contributed by atoms with Crippen molar-refractivity contribution in [3.8, 4) is 5.75 Å². The maximum absolute atomic E-state index is 12.9. The molecule has 0 aliphatic carbocycles. The Morgan fingerprint density at radius 2 is 1.54 bits per heavy atom. The number of amides is 2. The zero-order valence-corrected chi connectivity index (χ0v) is 23.9. The van der Waals surface area contributed by atoms with Crippen LogP contribution >= 0.6 is 46.4 Å². The molecule has 1 saturated heterocycles. The molecule has 0 saturated carbocycles. The molecule has 2 aromatic carbocycles. The fourth-order valence-corrected chi connectivity index (χ4v) is 3.68. The molecule has 0 bridgehead atoms. The third-order valence-electron chi connectivity index (χ3n) is 5.09. The number of carbonyl (C=O) groups is 5. The van der Waals surface area contributed by atoms with Gasteiger partial charge in [0.1, 0.15) is 19.0 Å². The number of β-lactam (4-membered cyclic amide) rings is 1. The lowest BCUT2D eigenvalue weighted by Crippen LogP contribution is -2.74. The monoisotopic (exact) mass is 650 g/mol. The normalized spacial score (nSPS) is 17.0. The van der Waals surface area contributed by atoms with Gasteiger partial charge < -0.3 is 29.0 Å². The molecule has 3 unspecified atom stereocenters. The van der Waals surface area contributed by atoms with Gasteiger partial charge in [-0.3, -0.25) is 14.5 Å². The van der Waals surface area contributed by atoms with Gasteiger partial charge in [0, 0.05) is 0 Å². The van der Waals surface area contributed by atoms with Crippen molar-refractivity contribution >= 4 is 76.3 Å². The molecule has 41 heavy (non-hydrogen) atoms. The Labute approximate surface area is 253 Å². The highest BCUT2D eigenvalue weighted by Crippen LogP contribution is 2.28. The van der Waals surface area contributed by atoms with Gasteiger partial charge in [-0.2, -0.15) is 0 Å². The van der Waals surface area contributed by atoms with Crippen LogP contribution in [0.2, 0.25) is 0 Å². The van der Waals surface area contributed by atoms with E-state index in [4.69, 9.17) is 60.6 Å². The van der Waals surface area contributed by atoms with E-state index < -0.39 is 71.3 Å². The van der Waals surface area contributed by atoms with Crippen LogP contribution in [0.3, 0.4) is 0 Å². The second-order valence-electron chi connectivity index (χ2n) is 8.14. The van der Waals surface area contributed by atoms with E-state index >= 15 is 0 Å². The number of halogens is 4. The van der Waals surface area contributed by atoms with Crippen molar-refractivity contribution in [2.75, 3.05) is 19.8 Å². The van der Waals surface area contributed by atoms with E-state index in [0.29, 0.717) is 16.2 Å². The van der Waals surface area contributed by atoms with Gasteiger partial charge in [-0.1, -0.05) is 94.9 Å². The van der Waals surface area contributed by atoms with Gasteiger partial charge >= 0.3 is 18.1 Å². The maximum atomic E-state index is 12.9. The highest BCUT2D eigenvalue weighted by atomic mass is 35.6. The summed E-state index contributed by atoms with van der Waals surface area (Å²) in [6.45, 7) is -2.26. The molecule has 1 fully saturated rings. The minimum absolute atomic E-state index is 0.142. The molecule has 0 spiro atoms. The molecule has 12 nitrogen and oxygen atoms in total. The number of carbonyl (C=O) groups excluding carboxylic acids is 5. The number of benzene rings is 2. The first kappa shape index (κ1) is 32.1. The van der Waals surface area contributed by atoms with Gasteiger partial charge in [-0.05, 0) is 17.7 Å². The van der Waals surface area contributed by atoms with Crippen molar-refractivity contribution in [1.82, 2.24) is 10.2 Å². The Balaban J connectivity index is 1.61. The number of esters is 2. The molecule has 2 aromatic rings. The number of nitrogens with one attached hydrogen (secondary N) is 1. The van der Waals surface area contributed by atoms with Crippen LogP contribution in [0.4, 0.5) is 4.79 Å². The standard InChI is InChI=1S/C25H22Cl4N2O10/c26-20(23(35)38-11-15-7-3-1-4-8-15)31-21(34)19(30-17(32)12-37-16-9-5-2-6-10-16)22(31)41-18(33)13-39-24(36)40-14-25(27,28)29/h1-10,19-20,22H,11-14H2,(H,30,32). The van der Waals surface area contributed by atoms with E-state index in [1.807, 2.05) is 0 Å². The van der Waals surface area contributed by atoms with Gasteiger partial charge in [0.15, 0.2) is 19.3 Å². The SMILES string of the molecule is O=C(COc1ccccc1)NC1C(=O)N(C(Cl)C(=O)OCc2ccccc2)C1OC(=O)COC(=O)OCC(Cl)(Cl)Cl. The van der Waals surface area contributed by atoms with Crippen molar-refractivity contribution in [3.05, 3.63) is 66.2 Å². The van der Waals surface area contributed by atoms with E-state index in [-0.39, 0.29) is 6.61 Å². The number of rotatable bonds is 12. The largest absolute Gasteiger partial charge is 0.508 e. The summed E-state index contributed by atoms with van der Waals surface area (Å²) in [7, 11) is 0. The van der Waals surface area contributed by atoms with Gasteiger partial charge in [0.25, 0.3) is 11.8 Å². The quantitative estimate of drug-likeness (QED) is 0.119. The van der Waals surface area contributed by atoms with E-state index in [2.05, 4.69) is 14.8 Å². The van der Waals surface area contributed by atoms with Crippen LogP contribution in [-0.4, -0.2) is 76.2 Å². The average Bonchev–Trinajstić information content (AvgIpc) is 2.95. The summed E-state index contributed by atoms with van der Waals surface area (Å²) >= 11 is 22.6. The second-order valence-corrected chi connectivity index (χ2v) is 11.1. The minimum Gasteiger partial charge on any atom is -0.484 e. The van der Waals surface area contributed by atoms with E-state index in [1.165, 1.54) is 0 Å². The van der Waals surface area contributed by atoms with Crippen LogP contribution in [0.5, 0.6) is 5.75 Å². The third-order valence-corrected chi connectivity index (χ3v) is 5.80. The van der Waals surface area contributed by atoms with Crippen molar-refractivity contribution in [1.29, 1.82) is 0 Å². The molecule has 0 radical (unpaired) electrons. The Morgan fingerprint density at radius 3 is 2.17 bits per heavy atom. The van der Waals surface area contributed by atoms with E-state index in [1.54, 1.807) is 60.7 Å². The Morgan fingerprint density at radius 1 is 0.902 bits per heavy atom.